The van der Waals surface area contributed by atoms with Gasteiger partial charge in [0.2, 0.25) is 11.8 Å². The van der Waals surface area contributed by atoms with Crippen molar-refractivity contribution in [1.29, 1.82) is 0 Å². The topological polar surface area (TPSA) is 164 Å². The zero-order chi connectivity index (χ0) is 24.4. The molecule has 0 aromatic rings. The highest BCUT2D eigenvalue weighted by Crippen LogP contribution is 2.38. The first-order valence-electron chi connectivity index (χ1n) is 11.2. The van der Waals surface area contributed by atoms with Crippen molar-refractivity contribution in [2.45, 2.75) is 76.2 Å². The van der Waals surface area contributed by atoms with Crippen LogP contribution in [0.1, 0.15) is 70.6 Å². The Morgan fingerprint density at radius 2 is 1.52 bits per heavy atom. The smallest absolute Gasteiger partial charge is 0.449 e. The molecule has 0 unspecified atom stereocenters. The van der Waals surface area contributed by atoms with Crippen LogP contribution in [-0.2, 0) is 28.7 Å². The number of nitrogens with two attached hydrogens (primary N) is 1. The highest BCUT2D eigenvalue weighted by Gasteiger charge is 2.49. The molecular formula is C22H31N3O8. The normalized spacial score (nSPS) is 19.5. The number of ether oxygens (including phenoxy) is 1. The van der Waals surface area contributed by atoms with Gasteiger partial charge in [0, 0.05) is 31.4 Å². The molecule has 3 rings (SSSR count). The van der Waals surface area contributed by atoms with Crippen LogP contribution < -0.4 is 5.73 Å². The van der Waals surface area contributed by atoms with Gasteiger partial charge in [-0.2, -0.15) is 0 Å². The van der Waals surface area contributed by atoms with Gasteiger partial charge in [0.25, 0.3) is 11.8 Å². The maximum atomic E-state index is 12.1. The van der Waals surface area contributed by atoms with Crippen LogP contribution in [0.5, 0.6) is 0 Å². The molecule has 33 heavy (non-hydrogen) atoms. The van der Waals surface area contributed by atoms with Gasteiger partial charge >= 0.3 is 12.1 Å². The Bertz CT molecular complexity index is 782. The second-order valence-corrected chi connectivity index (χ2v) is 8.34. The zero-order valence-corrected chi connectivity index (χ0v) is 18.6. The summed E-state index contributed by atoms with van der Waals surface area (Å²) in [6, 6.07) is 0. The number of carbonyl (C=O) groups is 6. The number of amides is 4. The van der Waals surface area contributed by atoms with Crippen LogP contribution in [0.15, 0.2) is 12.2 Å². The number of esters is 1. The van der Waals surface area contributed by atoms with E-state index in [1.807, 2.05) is 0 Å². The lowest BCUT2D eigenvalue weighted by atomic mass is 9.79. The van der Waals surface area contributed by atoms with Gasteiger partial charge in [-0.1, -0.05) is 25.7 Å². The molecule has 2 aliphatic heterocycles. The van der Waals surface area contributed by atoms with Crippen LogP contribution in [-0.4, -0.2) is 69.3 Å². The van der Waals surface area contributed by atoms with Gasteiger partial charge < -0.3 is 15.6 Å². The largest absolute Gasteiger partial charge is 0.513 e. The lowest BCUT2D eigenvalue weighted by molar-refractivity contribution is -0.153. The van der Waals surface area contributed by atoms with E-state index in [-0.39, 0.29) is 49.4 Å². The first-order valence-corrected chi connectivity index (χ1v) is 11.2. The maximum Gasteiger partial charge on any atom is 0.513 e. The van der Waals surface area contributed by atoms with Gasteiger partial charge in [0.15, 0.2) is 0 Å². The van der Waals surface area contributed by atoms with E-state index in [1.54, 1.807) is 0 Å². The summed E-state index contributed by atoms with van der Waals surface area (Å²) < 4.78 is 3.88. The Morgan fingerprint density at radius 1 is 0.939 bits per heavy atom. The number of nitrogens with zero attached hydrogens (tertiary/aromatic N) is 2. The Morgan fingerprint density at radius 3 is 2.03 bits per heavy atom. The molecule has 1 aliphatic carbocycles. The fraction of sp³-hybridized carbons (Fsp3) is 0.636. The predicted molar refractivity (Wildman–Crippen MR) is 114 cm³/mol. The van der Waals surface area contributed by atoms with Crippen molar-refractivity contribution in [2.24, 2.45) is 5.73 Å². The van der Waals surface area contributed by atoms with Crippen molar-refractivity contribution >= 4 is 35.8 Å². The van der Waals surface area contributed by atoms with Crippen molar-refractivity contribution in [3.05, 3.63) is 12.2 Å². The van der Waals surface area contributed by atoms with Gasteiger partial charge in [0.1, 0.15) is 0 Å². The fourth-order valence-corrected chi connectivity index (χ4v) is 4.39. The van der Waals surface area contributed by atoms with Gasteiger partial charge in [-0.25, -0.2) is 4.79 Å². The quantitative estimate of drug-likeness (QED) is 0.234. The zero-order valence-electron chi connectivity index (χ0n) is 18.6. The first kappa shape index (κ1) is 26.2. The van der Waals surface area contributed by atoms with E-state index in [0.717, 1.165) is 37.0 Å². The van der Waals surface area contributed by atoms with E-state index >= 15 is 0 Å². The van der Waals surface area contributed by atoms with Crippen LogP contribution in [0.3, 0.4) is 0 Å². The number of unbranched alkanes of at least 4 members (excludes halogenated alkanes) is 2. The average molecular weight is 466 g/mol. The van der Waals surface area contributed by atoms with Crippen molar-refractivity contribution in [1.82, 2.24) is 9.80 Å². The minimum atomic E-state index is -1.54. The number of carboxylic acid groups (broad SMARTS) is 1. The Labute approximate surface area is 191 Å². The summed E-state index contributed by atoms with van der Waals surface area (Å²) in [5.41, 5.74) is 4.52. The summed E-state index contributed by atoms with van der Waals surface area (Å²) in [5.74, 6) is -1.75. The molecule has 4 amide bonds. The van der Waals surface area contributed by atoms with Gasteiger partial charge in [-0.15, -0.1) is 0 Å². The Kier molecular flexibility index (Phi) is 9.71. The van der Waals surface area contributed by atoms with Crippen LogP contribution in [0.25, 0.3) is 0 Å². The van der Waals surface area contributed by atoms with Gasteiger partial charge in [-0.05, 0) is 32.2 Å². The summed E-state index contributed by atoms with van der Waals surface area (Å²) >= 11 is 0. The molecule has 3 N–H and O–H groups in total. The van der Waals surface area contributed by atoms with Crippen molar-refractivity contribution in [3.8, 4) is 0 Å². The average Bonchev–Trinajstić information content (AvgIpc) is 3.27. The summed E-state index contributed by atoms with van der Waals surface area (Å²) in [6.07, 6.45) is 8.06. The van der Waals surface area contributed by atoms with Gasteiger partial charge in [0.05, 0.1) is 12.1 Å². The highest BCUT2D eigenvalue weighted by atomic mass is 16.7. The minimum Gasteiger partial charge on any atom is -0.449 e. The van der Waals surface area contributed by atoms with Crippen molar-refractivity contribution in [3.63, 3.8) is 0 Å². The Hall–Kier alpha value is -3.08. The highest BCUT2D eigenvalue weighted by molar-refractivity contribution is 6.13. The second-order valence-electron chi connectivity index (χ2n) is 8.34. The lowest BCUT2D eigenvalue weighted by Crippen LogP contribution is -2.59. The molecule has 2 heterocycles. The van der Waals surface area contributed by atoms with Crippen molar-refractivity contribution < 1.29 is 38.6 Å². The molecule has 2 fully saturated rings. The molecule has 0 spiro atoms. The molecule has 0 atom stereocenters. The van der Waals surface area contributed by atoms with E-state index < -0.39 is 17.7 Å². The van der Waals surface area contributed by atoms with Crippen LogP contribution in [0.4, 0.5) is 4.79 Å². The molecule has 1 saturated heterocycles. The SMILES string of the molecule is NCCCCCC(=O)OC(=O)O.O=C1C=CC(=O)N1CC1(N2C(=O)CCC2=O)CCCCC1. The number of hydrogen-bond donors (Lipinski definition) is 2. The molecule has 3 aliphatic rings. The van der Waals surface area contributed by atoms with E-state index in [9.17, 15) is 28.8 Å². The van der Waals surface area contributed by atoms with Crippen LogP contribution in [0, 0.1) is 0 Å². The third kappa shape index (κ3) is 7.21. The summed E-state index contributed by atoms with van der Waals surface area (Å²) in [6.45, 7) is 0.725. The molecule has 1 saturated carbocycles. The number of carbonyl (C=O) groups excluding carboxylic acids is 5. The fourth-order valence-electron chi connectivity index (χ4n) is 4.39. The lowest BCUT2D eigenvalue weighted by Gasteiger charge is -2.45. The molecule has 0 aromatic carbocycles. The number of rotatable bonds is 8. The molecule has 11 nitrogen and oxygen atoms in total. The van der Waals surface area contributed by atoms with E-state index in [0.29, 0.717) is 25.8 Å². The van der Waals surface area contributed by atoms with Crippen LogP contribution in [0.2, 0.25) is 0 Å². The molecule has 0 aromatic heterocycles. The minimum absolute atomic E-state index is 0.134. The predicted octanol–water partition coefficient (Wildman–Crippen LogP) is 1.49. The van der Waals surface area contributed by atoms with Crippen LogP contribution >= 0.6 is 0 Å². The molecule has 0 radical (unpaired) electrons. The van der Waals surface area contributed by atoms with Gasteiger partial charge in [-0.3, -0.25) is 33.8 Å². The molecular weight excluding hydrogens is 434 g/mol. The third-order valence-electron chi connectivity index (χ3n) is 5.95. The number of hydrogen-bond acceptors (Lipinski definition) is 8. The van der Waals surface area contributed by atoms with E-state index in [2.05, 4.69) is 4.74 Å². The maximum absolute atomic E-state index is 12.1. The number of imide groups is 2. The third-order valence-corrected chi connectivity index (χ3v) is 5.95. The Balaban J connectivity index is 0.000000277. The summed E-state index contributed by atoms with van der Waals surface area (Å²) in [4.78, 5) is 70.8. The van der Waals surface area contributed by atoms with Crippen molar-refractivity contribution in [2.75, 3.05) is 13.1 Å². The number of likely N-dealkylation sites (tertiary alicyclic amines) is 1. The van der Waals surface area contributed by atoms with E-state index in [1.165, 1.54) is 17.1 Å². The van der Waals surface area contributed by atoms with E-state index in [4.69, 9.17) is 10.8 Å². The summed E-state index contributed by atoms with van der Waals surface area (Å²) in [7, 11) is 0. The first-order chi connectivity index (χ1) is 15.7. The summed E-state index contributed by atoms with van der Waals surface area (Å²) in [5, 5.41) is 8.02. The molecule has 0 bridgehead atoms. The molecule has 11 heteroatoms. The monoisotopic (exact) mass is 465 g/mol. The molecule has 182 valence electrons. The standard InChI is InChI=1S/C15H18N2O4.C7H13NO4/c18-11-4-5-12(19)16(11)10-15(8-2-1-3-9-15)17-13(20)6-7-14(17)21;8-5-3-1-2-4-6(9)12-7(10)11/h4-5H,1-3,6-10H2;1-5,8H2,(H,10,11). The second kappa shape index (κ2) is 12.2.